The number of urea groups is 1. The fourth-order valence-electron chi connectivity index (χ4n) is 2.18. The van der Waals surface area contributed by atoms with Crippen molar-refractivity contribution in [2.75, 3.05) is 12.4 Å². The lowest BCUT2D eigenvalue weighted by atomic mass is 10.1. The number of thiophene rings is 1. The molecule has 2 atom stereocenters. The molecule has 1 fully saturated rings. The molecule has 18 heavy (non-hydrogen) atoms. The highest BCUT2D eigenvalue weighted by Gasteiger charge is 2.31. The van der Waals surface area contributed by atoms with Gasteiger partial charge in [0.25, 0.3) is 0 Å². The zero-order valence-electron chi connectivity index (χ0n) is 10.1. The van der Waals surface area contributed by atoms with Gasteiger partial charge in [0.15, 0.2) is 0 Å². The van der Waals surface area contributed by atoms with Crippen molar-refractivity contribution < 1.29 is 14.3 Å². The molecule has 1 saturated carbocycles. The van der Waals surface area contributed by atoms with Crippen LogP contribution in [0.2, 0.25) is 0 Å². The van der Waals surface area contributed by atoms with Crippen molar-refractivity contribution in [1.29, 1.82) is 0 Å². The van der Waals surface area contributed by atoms with Crippen LogP contribution in [0.25, 0.3) is 0 Å². The number of esters is 1. The van der Waals surface area contributed by atoms with Gasteiger partial charge in [0.05, 0.1) is 18.7 Å². The van der Waals surface area contributed by atoms with Crippen LogP contribution in [0.15, 0.2) is 16.8 Å². The van der Waals surface area contributed by atoms with Gasteiger partial charge in [-0.15, -0.1) is 0 Å². The predicted octanol–water partition coefficient (Wildman–Crippen LogP) is 2.21. The van der Waals surface area contributed by atoms with Crippen LogP contribution < -0.4 is 10.6 Å². The molecule has 0 bridgehead atoms. The number of methoxy groups -OCH3 is 1. The minimum absolute atomic E-state index is 0.0488. The van der Waals surface area contributed by atoms with E-state index < -0.39 is 0 Å². The SMILES string of the molecule is COC(=O)[C@H]1CC[C@@H](NC(=O)Nc2ccsc2)C1. The first kappa shape index (κ1) is 12.9. The van der Waals surface area contributed by atoms with Crippen LogP contribution in [0.4, 0.5) is 10.5 Å². The zero-order chi connectivity index (χ0) is 13.0. The van der Waals surface area contributed by atoms with Crippen molar-refractivity contribution in [1.82, 2.24) is 5.32 Å². The number of hydrogen-bond acceptors (Lipinski definition) is 4. The number of carbonyl (C=O) groups is 2. The summed E-state index contributed by atoms with van der Waals surface area (Å²) in [6.07, 6.45) is 2.25. The van der Waals surface area contributed by atoms with Crippen LogP contribution in [0.5, 0.6) is 0 Å². The molecule has 0 aromatic carbocycles. The monoisotopic (exact) mass is 268 g/mol. The quantitative estimate of drug-likeness (QED) is 0.826. The predicted molar refractivity (Wildman–Crippen MR) is 69.6 cm³/mol. The Morgan fingerprint density at radius 3 is 2.94 bits per heavy atom. The van der Waals surface area contributed by atoms with Crippen LogP contribution in [0.3, 0.4) is 0 Å². The molecule has 6 heteroatoms. The number of hydrogen-bond donors (Lipinski definition) is 2. The van der Waals surface area contributed by atoms with Gasteiger partial charge in [-0.3, -0.25) is 4.79 Å². The topological polar surface area (TPSA) is 67.4 Å². The fourth-order valence-corrected chi connectivity index (χ4v) is 2.77. The second kappa shape index (κ2) is 5.86. The van der Waals surface area contributed by atoms with E-state index >= 15 is 0 Å². The number of carbonyl (C=O) groups excluding carboxylic acids is 2. The molecule has 1 aromatic rings. The molecule has 0 aliphatic heterocycles. The summed E-state index contributed by atoms with van der Waals surface area (Å²) in [7, 11) is 1.40. The Hall–Kier alpha value is -1.56. The minimum atomic E-state index is -0.219. The maximum atomic E-state index is 11.7. The number of amides is 2. The van der Waals surface area contributed by atoms with Gasteiger partial charge in [0, 0.05) is 11.4 Å². The highest BCUT2D eigenvalue weighted by molar-refractivity contribution is 7.08. The van der Waals surface area contributed by atoms with E-state index in [9.17, 15) is 9.59 Å². The average Bonchev–Trinajstić information content (AvgIpc) is 2.99. The molecular weight excluding hydrogens is 252 g/mol. The zero-order valence-corrected chi connectivity index (χ0v) is 11.0. The highest BCUT2D eigenvalue weighted by Crippen LogP contribution is 2.26. The van der Waals surface area contributed by atoms with Gasteiger partial charge >= 0.3 is 12.0 Å². The molecule has 0 radical (unpaired) electrons. The van der Waals surface area contributed by atoms with Crippen LogP contribution in [0.1, 0.15) is 19.3 Å². The lowest BCUT2D eigenvalue weighted by Gasteiger charge is -2.13. The van der Waals surface area contributed by atoms with E-state index in [0.717, 1.165) is 18.5 Å². The van der Waals surface area contributed by atoms with Crippen molar-refractivity contribution in [2.24, 2.45) is 5.92 Å². The summed E-state index contributed by atoms with van der Waals surface area (Å²) in [5.41, 5.74) is 0.792. The summed E-state index contributed by atoms with van der Waals surface area (Å²) >= 11 is 1.53. The van der Waals surface area contributed by atoms with Crippen LogP contribution in [-0.4, -0.2) is 25.2 Å². The second-order valence-electron chi connectivity index (χ2n) is 4.34. The van der Waals surface area contributed by atoms with Crippen molar-refractivity contribution in [2.45, 2.75) is 25.3 Å². The Morgan fingerprint density at radius 1 is 1.44 bits per heavy atom. The third-order valence-corrected chi connectivity index (χ3v) is 3.76. The summed E-state index contributed by atoms with van der Waals surface area (Å²) in [6.45, 7) is 0. The van der Waals surface area contributed by atoms with Gasteiger partial charge in [-0.25, -0.2) is 4.79 Å². The Kier molecular flexibility index (Phi) is 4.19. The van der Waals surface area contributed by atoms with E-state index in [1.165, 1.54) is 18.4 Å². The van der Waals surface area contributed by atoms with E-state index in [1.807, 2.05) is 16.8 Å². The molecule has 1 heterocycles. The second-order valence-corrected chi connectivity index (χ2v) is 5.12. The molecule has 1 aliphatic rings. The molecule has 98 valence electrons. The lowest BCUT2D eigenvalue weighted by Crippen LogP contribution is -2.36. The number of anilines is 1. The van der Waals surface area contributed by atoms with Gasteiger partial charge < -0.3 is 15.4 Å². The molecule has 2 rings (SSSR count). The smallest absolute Gasteiger partial charge is 0.319 e. The first-order valence-electron chi connectivity index (χ1n) is 5.86. The highest BCUT2D eigenvalue weighted by atomic mass is 32.1. The summed E-state index contributed by atoms with van der Waals surface area (Å²) in [5, 5.41) is 9.39. The van der Waals surface area contributed by atoms with E-state index in [2.05, 4.69) is 10.6 Å². The molecule has 2 amide bonds. The minimum Gasteiger partial charge on any atom is -0.469 e. The van der Waals surface area contributed by atoms with Gasteiger partial charge in [-0.1, -0.05) is 0 Å². The molecule has 0 unspecified atom stereocenters. The Labute approximate surface area is 110 Å². The van der Waals surface area contributed by atoms with Gasteiger partial charge in [0.1, 0.15) is 0 Å². The normalized spacial score (nSPS) is 22.5. The van der Waals surface area contributed by atoms with Gasteiger partial charge in [0.2, 0.25) is 0 Å². The van der Waals surface area contributed by atoms with Gasteiger partial charge in [-0.05, 0) is 30.7 Å². The molecular formula is C12H16N2O3S. The van der Waals surface area contributed by atoms with E-state index in [-0.39, 0.29) is 24.0 Å². The van der Waals surface area contributed by atoms with Crippen LogP contribution in [-0.2, 0) is 9.53 Å². The molecule has 5 nitrogen and oxygen atoms in total. The first-order chi connectivity index (χ1) is 8.69. The first-order valence-corrected chi connectivity index (χ1v) is 6.81. The average molecular weight is 268 g/mol. The summed E-state index contributed by atoms with van der Waals surface area (Å²) < 4.78 is 4.71. The van der Waals surface area contributed by atoms with Gasteiger partial charge in [-0.2, -0.15) is 11.3 Å². The fraction of sp³-hybridized carbons (Fsp3) is 0.500. The number of nitrogens with one attached hydrogen (secondary N) is 2. The largest absolute Gasteiger partial charge is 0.469 e. The maximum Gasteiger partial charge on any atom is 0.319 e. The molecule has 1 aliphatic carbocycles. The molecule has 1 aromatic heterocycles. The van der Waals surface area contributed by atoms with Crippen LogP contribution >= 0.6 is 11.3 Å². The maximum absolute atomic E-state index is 11.7. The molecule has 2 N–H and O–H groups in total. The van der Waals surface area contributed by atoms with E-state index in [0.29, 0.717) is 6.42 Å². The summed E-state index contributed by atoms with van der Waals surface area (Å²) in [4.78, 5) is 23.0. The van der Waals surface area contributed by atoms with E-state index in [4.69, 9.17) is 4.74 Å². The molecule has 0 spiro atoms. The van der Waals surface area contributed by atoms with Crippen molar-refractivity contribution in [3.05, 3.63) is 16.8 Å². The van der Waals surface area contributed by atoms with E-state index in [1.54, 1.807) is 0 Å². The lowest BCUT2D eigenvalue weighted by molar-refractivity contribution is -0.145. The number of ether oxygens (including phenoxy) is 1. The number of rotatable bonds is 3. The van der Waals surface area contributed by atoms with Crippen LogP contribution in [0, 0.1) is 5.92 Å². The standard InChI is InChI=1S/C12H16N2O3S/c1-17-11(15)8-2-3-9(6-8)13-12(16)14-10-4-5-18-7-10/h4-5,7-9H,2-3,6H2,1H3,(H2,13,14,16)/t8-,9+/m0/s1. The van der Waals surface area contributed by atoms with Crippen molar-refractivity contribution in [3.63, 3.8) is 0 Å². The Balaban J connectivity index is 1.77. The molecule has 0 saturated heterocycles. The summed E-state index contributed by atoms with van der Waals surface area (Å²) in [6, 6.07) is 1.67. The van der Waals surface area contributed by atoms with Crippen molar-refractivity contribution >= 4 is 29.0 Å². The third kappa shape index (κ3) is 3.22. The Morgan fingerprint density at radius 2 is 2.28 bits per heavy atom. The third-order valence-electron chi connectivity index (χ3n) is 3.08. The van der Waals surface area contributed by atoms with Crippen molar-refractivity contribution in [3.8, 4) is 0 Å². The summed E-state index contributed by atoms with van der Waals surface area (Å²) in [5.74, 6) is -0.265. The Bertz CT molecular complexity index is 419.